The molecule has 2 rings (SSSR count). The van der Waals surface area contributed by atoms with Crippen molar-refractivity contribution < 1.29 is 5.11 Å². The second-order valence-electron chi connectivity index (χ2n) is 3.96. The van der Waals surface area contributed by atoms with Gasteiger partial charge >= 0.3 is 0 Å². The zero-order valence-electron chi connectivity index (χ0n) is 8.32. The molecule has 1 aromatic carbocycles. The van der Waals surface area contributed by atoms with E-state index in [0.29, 0.717) is 0 Å². The lowest BCUT2D eigenvalue weighted by molar-refractivity contribution is 0.0964. The van der Waals surface area contributed by atoms with E-state index in [1.165, 1.54) is 5.56 Å². The summed E-state index contributed by atoms with van der Waals surface area (Å²) in [4.78, 5) is 0. The molecule has 1 aromatic rings. The fraction of sp³-hybridized carbons (Fsp3) is 0.500. The highest BCUT2D eigenvalue weighted by Crippen LogP contribution is 2.13. The zero-order chi connectivity index (χ0) is 9.80. The third kappa shape index (κ3) is 2.34. The first-order chi connectivity index (χ1) is 6.86. The van der Waals surface area contributed by atoms with Gasteiger partial charge in [0, 0.05) is 6.04 Å². The maximum atomic E-state index is 9.77. The first-order valence-electron chi connectivity index (χ1n) is 5.31. The number of benzene rings is 1. The molecule has 76 valence electrons. The molecule has 1 saturated heterocycles. The molecule has 0 unspecified atom stereocenters. The van der Waals surface area contributed by atoms with Crippen LogP contribution < -0.4 is 5.32 Å². The van der Waals surface area contributed by atoms with E-state index in [-0.39, 0.29) is 12.1 Å². The molecule has 0 bridgehead atoms. The van der Waals surface area contributed by atoms with Crippen molar-refractivity contribution in [2.45, 2.75) is 31.4 Å². The van der Waals surface area contributed by atoms with E-state index >= 15 is 0 Å². The molecule has 0 saturated carbocycles. The molecule has 1 fully saturated rings. The molecule has 14 heavy (non-hydrogen) atoms. The van der Waals surface area contributed by atoms with Gasteiger partial charge in [0.25, 0.3) is 0 Å². The fourth-order valence-corrected chi connectivity index (χ4v) is 2.01. The quantitative estimate of drug-likeness (QED) is 0.739. The third-order valence-corrected chi connectivity index (χ3v) is 2.85. The Hall–Kier alpha value is -0.860. The Labute approximate surface area is 85.0 Å². The van der Waals surface area contributed by atoms with E-state index < -0.39 is 0 Å². The van der Waals surface area contributed by atoms with Gasteiger partial charge in [0.15, 0.2) is 0 Å². The van der Waals surface area contributed by atoms with Gasteiger partial charge in [-0.15, -0.1) is 0 Å². The Kier molecular flexibility index (Phi) is 3.17. The summed E-state index contributed by atoms with van der Waals surface area (Å²) < 4.78 is 0. The van der Waals surface area contributed by atoms with Gasteiger partial charge in [-0.25, -0.2) is 0 Å². The summed E-state index contributed by atoms with van der Waals surface area (Å²) in [5, 5.41) is 13.1. The molecule has 0 aliphatic carbocycles. The van der Waals surface area contributed by atoms with Gasteiger partial charge in [-0.05, 0) is 31.4 Å². The molecule has 0 aromatic heterocycles. The van der Waals surface area contributed by atoms with Crippen LogP contribution in [0.15, 0.2) is 30.3 Å². The van der Waals surface area contributed by atoms with E-state index in [9.17, 15) is 5.11 Å². The fourth-order valence-electron chi connectivity index (χ4n) is 2.01. The summed E-state index contributed by atoms with van der Waals surface area (Å²) in [6, 6.07) is 10.6. The highest BCUT2D eigenvalue weighted by Gasteiger charge is 2.22. The number of hydrogen-bond acceptors (Lipinski definition) is 2. The molecule has 1 aliphatic heterocycles. The Bertz CT molecular complexity index is 273. The maximum Gasteiger partial charge on any atom is 0.0696 e. The average molecular weight is 191 g/mol. The van der Waals surface area contributed by atoms with Crippen LogP contribution in [-0.4, -0.2) is 23.8 Å². The molecule has 0 spiro atoms. The van der Waals surface area contributed by atoms with Crippen molar-refractivity contribution >= 4 is 0 Å². The molecule has 2 atom stereocenters. The second kappa shape index (κ2) is 4.58. The summed E-state index contributed by atoms with van der Waals surface area (Å²) >= 11 is 0. The topological polar surface area (TPSA) is 32.3 Å². The van der Waals surface area contributed by atoms with Gasteiger partial charge in [0.2, 0.25) is 0 Å². The second-order valence-corrected chi connectivity index (χ2v) is 3.96. The van der Waals surface area contributed by atoms with Crippen molar-refractivity contribution in [3.05, 3.63) is 35.9 Å². The molecular formula is C12H17NO. The van der Waals surface area contributed by atoms with Crippen molar-refractivity contribution in [1.29, 1.82) is 0 Å². The van der Waals surface area contributed by atoms with Gasteiger partial charge in [-0.1, -0.05) is 30.3 Å². The van der Waals surface area contributed by atoms with Crippen molar-refractivity contribution in [1.82, 2.24) is 5.32 Å². The van der Waals surface area contributed by atoms with Crippen molar-refractivity contribution in [2.24, 2.45) is 0 Å². The highest BCUT2D eigenvalue weighted by molar-refractivity contribution is 5.16. The van der Waals surface area contributed by atoms with Crippen molar-refractivity contribution in [3.8, 4) is 0 Å². The predicted molar refractivity (Wildman–Crippen MR) is 57.2 cm³/mol. The Balaban J connectivity index is 1.96. The SMILES string of the molecule is O[C@@H]1CCCN[C@H]1Cc1ccccc1. The van der Waals surface area contributed by atoms with Gasteiger partial charge in [-0.2, -0.15) is 0 Å². The van der Waals surface area contributed by atoms with E-state index in [4.69, 9.17) is 0 Å². The zero-order valence-corrected chi connectivity index (χ0v) is 8.32. The van der Waals surface area contributed by atoms with Crippen LogP contribution in [0, 0.1) is 0 Å². The smallest absolute Gasteiger partial charge is 0.0696 e. The van der Waals surface area contributed by atoms with Gasteiger partial charge in [0.1, 0.15) is 0 Å². The van der Waals surface area contributed by atoms with Crippen LogP contribution in [0.25, 0.3) is 0 Å². The minimum Gasteiger partial charge on any atom is -0.391 e. The largest absolute Gasteiger partial charge is 0.391 e. The van der Waals surface area contributed by atoms with Crippen LogP contribution in [0.2, 0.25) is 0 Å². The number of nitrogens with one attached hydrogen (secondary N) is 1. The lowest BCUT2D eigenvalue weighted by Gasteiger charge is -2.29. The van der Waals surface area contributed by atoms with E-state index in [2.05, 4.69) is 17.4 Å². The maximum absolute atomic E-state index is 9.77. The van der Waals surface area contributed by atoms with Crippen LogP contribution in [0.1, 0.15) is 18.4 Å². The number of rotatable bonds is 2. The third-order valence-electron chi connectivity index (χ3n) is 2.85. The van der Waals surface area contributed by atoms with E-state index in [0.717, 1.165) is 25.8 Å². The summed E-state index contributed by atoms with van der Waals surface area (Å²) in [7, 11) is 0. The van der Waals surface area contributed by atoms with Crippen LogP contribution in [0.5, 0.6) is 0 Å². The first-order valence-corrected chi connectivity index (χ1v) is 5.31. The van der Waals surface area contributed by atoms with E-state index in [1.807, 2.05) is 18.2 Å². The number of hydrogen-bond donors (Lipinski definition) is 2. The number of piperidine rings is 1. The van der Waals surface area contributed by atoms with Crippen molar-refractivity contribution in [3.63, 3.8) is 0 Å². The normalized spacial score (nSPS) is 27.5. The lowest BCUT2D eigenvalue weighted by atomic mass is 9.95. The first kappa shape index (κ1) is 9.69. The molecule has 1 aliphatic rings. The summed E-state index contributed by atoms with van der Waals surface area (Å²) in [5.41, 5.74) is 1.30. The Morgan fingerprint density at radius 3 is 2.79 bits per heavy atom. The lowest BCUT2D eigenvalue weighted by Crippen LogP contribution is -2.46. The highest BCUT2D eigenvalue weighted by atomic mass is 16.3. The number of aliphatic hydroxyl groups is 1. The van der Waals surface area contributed by atoms with Crippen LogP contribution in [-0.2, 0) is 6.42 Å². The Morgan fingerprint density at radius 2 is 2.07 bits per heavy atom. The molecule has 0 radical (unpaired) electrons. The summed E-state index contributed by atoms with van der Waals surface area (Å²) in [6.45, 7) is 1.04. The molecule has 1 heterocycles. The monoisotopic (exact) mass is 191 g/mol. The minimum atomic E-state index is -0.177. The standard InChI is InChI=1S/C12H17NO/c14-12-7-4-8-13-11(12)9-10-5-2-1-3-6-10/h1-3,5-6,11-14H,4,7-9H2/t11-,12+/m0/s1. The van der Waals surface area contributed by atoms with Gasteiger partial charge < -0.3 is 10.4 Å². The summed E-state index contributed by atoms with van der Waals surface area (Å²) in [6.07, 6.45) is 2.78. The molecule has 2 N–H and O–H groups in total. The van der Waals surface area contributed by atoms with Crippen LogP contribution in [0.3, 0.4) is 0 Å². The molecule has 0 amide bonds. The average Bonchev–Trinajstić information content (AvgIpc) is 2.23. The van der Waals surface area contributed by atoms with Crippen LogP contribution >= 0.6 is 0 Å². The van der Waals surface area contributed by atoms with Gasteiger partial charge in [0.05, 0.1) is 6.10 Å². The molecule has 2 heteroatoms. The van der Waals surface area contributed by atoms with E-state index in [1.54, 1.807) is 0 Å². The molecular weight excluding hydrogens is 174 g/mol. The van der Waals surface area contributed by atoms with Gasteiger partial charge in [-0.3, -0.25) is 0 Å². The minimum absolute atomic E-state index is 0.177. The van der Waals surface area contributed by atoms with Crippen molar-refractivity contribution in [2.75, 3.05) is 6.54 Å². The van der Waals surface area contributed by atoms with Crippen LogP contribution in [0.4, 0.5) is 0 Å². The molecule has 2 nitrogen and oxygen atoms in total. The summed E-state index contributed by atoms with van der Waals surface area (Å²) in [5.74, 6) is 0. The Morgan fingerprint density at radius 1 is 1.29 bits per heavy atom. The number of aliphatic hydroxyl groups excluding tert-OH is 1. The predicted octanol–water partition coefficient (Wildman–Crippen LogP) is 1.34.